The number of fused-ring (bicyclic) bond motifs is 2. The Hall–Kier alpha value is -2.20. The number of nitrogens with zero attached hydrogens (tertiary/aromatic N) is 1. The van der Waals surface area contributed by atoms with E-state index in [1.54, 1.807) is 13.0 Å². The van der Waals surface area contributed by atoms with E-state index in [2.05, 4.69) is 12.1 Å². The van der Waals surface area contributed by atoms with Gasteiger partial charge < -0.3 is 10.0 Å². The van der Waals surface area contributed by atoms with Crippen LogP contribution in [-0.4, -0.2) is 34.6 Å². The molecule has 2 aliphatic heterocycles. The van der Waals surface area contributed by atoms with Crippen LogP contribution >= 0.6 is 0 Å². The van der Waals surface area contributed by atoms with Crippen molar-refractivity contribution in [1.82, 2.24) is 4.90 Å². The summed E-state index contributed by atoms with van der Waals surface area (Å²) in [6.45, 7) is 1.81. The van der Waals surface area contributed by atoms with Gasteiger partial charge in [-0.2, -0.15) is 0 Å². The van der Waals surface area contributed by atoms with E-state index in [9.17, 15) is 14.3 Å². The predicted octanol–water partition coefficient (Wildman–Crippen LogP) is 3.66. The molecule has 1 N–H and O–H groups in total. The third-order valence-corrected chi connectivity index (χ3v) is 6.45. The van der Waals surface area contributed by atoms with Crippen LogP contribution in [0.5, 0.6) is 0 Å². The largest absolute Gasteiger partial charge is 0.396 e. The summed E-state index contributed by atoms with van der Waals surface area (Å²) in [6, 6.07) is 15.5. The van der Waals surface area contributed by atoms with Crippen molar-refractivity contribution in [2.75, 3.05) is 6.61 Å². The molecule has 0 spiro atoms. The number of benzene rings is 2. The summed E-state index contributed by atoms with van der Waals surface area (Å²) in [7, 11) is 0. The van der Waals surface area contributed by atoms with Gasteiger partial charge in [0.15, 0.2) is 0 Å². The SMILES string of the molecule is Cc1ccc(CC(=O)N2[C@H]3CC[C@@H]2[C@@](CO)(Cc2ccccc2)C3)cc1F. The van der Waals surface area contributed by atoms with E-state index in [0.717, 1.165) is 25.7 Å². The minimum Gasteiger partial charge on any atom is -0.396 e. The zero-order valence-corrected chi connectivity index (χ0v) is 15.7. The molecule has 142 valence electrons. The monoisotopic (exact) mass is 367 g/mol. The fourth-order valence-corrected chi connectivity index (χ4v) is 5.10. The first-order valence-corrected chi connectivity index (χ1v) is 9.73. The normalized spacial score (nSPS) is 26.6. The Kier molecular flexibility index (Phi) is 4.77. The molecule has 4 heteroatoms. The third kappa shape index (κ3) is 3.27. The number of aliphatic hydroxyl groups excluding tert-OH is 1. The maximum atomic E-state index is 13.8. The smallest absolute Gasteiger partial charge is 0.227 e. The number of hydrogen-bond acceptors (Lipinski definition) is 2. The molecule has 0 unspecified atom stereocenters. The molecule has 3 atom stereocenters. The molecule has 2 aliphatic rings. The van der Waals surface area contributed by atoms with Gasteiger partial charge in [0.05, 0.1) is 13.0 Å². The highest BCUT2D eigenvalue weighted by molar-refractivity contribution is 5.80. The van der Waals surface area contributed by atoms with Gasteiger partial charge in [-0.15, -0.1) is 0 Å². The first-order valence-electron chi connectivity index (χ1n) is 9.73. The Morgan fingerprint density at radius 3 is 2.67 bits per heavy atom. The van der Waals surface area contributed by atoms with Crippen LogP contribution in [0.1, 0.15) is 36.0 Å². The standard InChI is InChI=1S/C23H26FNO2/c1-16-7-8-18(11-20(16)24)12-22(27)25-19-9-10-21(25)23(14-19,15-26)13-17-5-3-2-4-6-17/h2-8,11,19,21,26H,9-10,12-15H2,1H3/t19-,21+,23-/m0/s1. The molecule has 0 saturated carbocycles. The Morgan fingerprint density at radius 2 is 1.96 bits per heavy atom. The molecule has 2 saturated heterocycles. The number of carbonyl (C=O) groups is 1. The van der Waals surface area contributed by atoms with E-state index < -0.39 is 0 Å². The van der Waals surface area contributed by atoms with E-state index in [-0.39, 0.29) is 42.3 Å². The number of carbonyl (C=O) groups excluding carboxylic acids is 1. The molecule has 1 amide bonds. The second-order valence-electron chi connectivity index (χ2n) is 8.20. The van der Waals surface area contributed by atoms with Crippen molar-refractivity contribution >= 4 is 5.91 Å². The first kappa shape index (κ1) is 18.2. The van der Waals surface area contributed by atoms with Crippen LogP contribution in [0.15, 0.2) is 48.5 Å². The average molecular weight is 367 g/mol. The van der Waals surface area contributed by atoms with E-state index in [1.807, 2.05) is 29.2 Å². The molecule has 27 heavy (non-hydrogen) atoms. The lowest BCUT2D eigenvalue weighted by molar-refractivity contribution is -0.132. The second-order valence-corrected chi connectivity index (χ2v) is 8.20. The van der Waals surface area contributed by atoms with E-state index in [4.69, 9.17) is 0 Å². The number of aryl methyl sites for hydroxylation is 1. The number of amides is 1. The average Bonchev–Trinajstić information content (AvgIpc) is 3.22. The van der Waals surface area contributed by atoms with Gasteiger partial charge in [0.1, 0.15) is 5.82 Å². The molecular weight excluding hydrogens is 341 g/mol. The molecule has 0 aromatic heterocycles. The molecule has 0 aliphatic carbocycles. The Bertz CT molecular complexity index is 838. The fraction of sp³-hybridized carbons (Fsp3) is 0.435. The second kappa shape index (κ2) is 7.08. The third-order valence-electron chi connectivity index (χ3n) is 6.45. The Labute approximate surface area is 159 Å². The first-order chi connectivity index (χ1) is 13.0. The molecule has 2 heterocycles. The molecule has 2 fully saturated rings. The highest BCUT2D eigenvalue weighted by Crippen LogP contribution is 2.51. The number of halogens is 1. The van der Waals surface area contributed by atoms with Crippen LogP contribution in [0.4, 0.5) is 4.39 Å². The quantitative estimate of drug-likeness (QED) is 0.876. The van der Waals surface area contributed by atoms with Gasteiger partial charge in [-0.05, 0) is 55.4 Å². The van der Waals surface area contributed by atoms with Crippen LogP contribution in [0.3, 0.4) is 0 Å². The van der Waals surface area contributed by atoms with Crippen LogP contribution in [-0.2, 0) is 17.6 Å². The molecule has 2 bridgehead atoms. The Balaban J connectivity index is 1.54. The number of rotatable bonds is 5. The van der Waals surface area contributed by atoms with Crippen LogP contribution in [0.25, 0.3) is 0 Å². The van der Waals surface area contributed by atoms with Gasteiger partial charge in [-0.1, -0.05) is 42.5 Å². The molecular formula is C23H26FNO2. The molecule has 0 radical (unpaired) electrons. The van der Waals surface area contributed by atoms with Gasteiger partial charge in [0.25, 0.3) is 0 Å². The highest BCUT2D eigenvalue weighted by atomic mass is 19.1. The Morgan fingerprint density at radius 1 is 1.19 bits per heavy atom. The number of hydrogen-bond donors (Lipinski definition) is 1. The maximum Gasteiger partial charge on any atom is 0.227 e. The van der Waals surface area contributed by atoms with Gasteiger partial charge in [0.2, 0.25) is 5.91 Å². The van der Waals surface area contributed by atoms with Crippen molar-refractivity contribution in [2.45, 2.75) is 51.1 Å². The van der Waals surface area contributed by atoms with Gasteiger partial charge in [0, 0.05) is 17.5 Å². The molecule has 2 aromatic carbocycles. The lowest BCUT2D eigenvalue weighted by atomic mass is 9.70. The molecule has 4 rings (SSSR count). The summed E-state index contributed by atoms with van der Waals surface area (Å²) in [5.74, 6) is -0.215. The van der Waals surface area contributed by atoms with Crippen molar-refractivity contribution in [3.8, 4) is 0 Å². The minimum atomic E-state index is -0.265. The van der Waals surface area contributed by atoms with Gasteiger partial charge in [-0.3, -0.25) is 4.79 Å². The lowest BCUT2D eigenvalue weighted by Gasteiger charge is -2.36. The van der Waals surface area contributed by atoms with Crippen molar-refractivity contribution in [1.29, 1.82) is 0 Å². The van der Waals surface area contributed by atoms with Crippen LogP contribution in [0, 0.1) is 18.2 Å². The minimum absolute atomic E-state index is 0.0501. The lowest BCUT2D eigenvalue weighted by Crippen LogP contribution is -2.44. The van der Waals surface area contributed by atoms with Crippen molar-refractivity contribution in [3.05, 3.63) is 71.0 Å². The van der Waals surface area contributed by atoms with Crippen molar-refractivity contribution < 1.29 is 14.3 Å². The van der Waals surface area contributed by atoms with Crippen LogP contribution < -0.4 is 0 Å². The topological polar surface area (TPSA) is 40.5 Å². The van der Waals surface area contributed by atoms with Crippen molar-refractivity contribution in [3.63, 3.8) is 0 Å². The summed E-state index contributed by atoms with van der Waals surface area (Å²) in [6.07, 6.45) is 3.78. The van der Waals surface area contributed by atoms with Gasteiger partial charge in [-0.25, -0.2) is 4.39 Å². The van der Waals surface area contributed by atoms with E-state index in [0.29, 0.717) is 11.1 Å². The summed E-state index contributed by atoms with van der Waals surface area (Å²) >= 11 is 0. The fourth-order valence-electron chi connectivity index (χ4n) is 5.10. The van der Waals surface area contributed by atoms with Crippen molar-refractivity contribution in [2.24, 2.45) is 5.41 Å². The van der Waals surface area contributed by atoms with Crippen LogP contribution in [0.2, 0.25) is 0 Å². The summed E-state index contributed by atoms with van der Waals surface area (Å²) < 4.78 is 13.8. The predicted molar refractivity (Wildman–Crippen MR) is 103 cm³/mol. The zero-order valence-electron chi connectivity index (χ0n) is 15.7. The summed E-state index contributed by atoms with van der Waals surface area (Å²) in [5.41, 5.74) is 2.24. The highest BCUT2D eigenvalue weighted by Gasteiger charge is 2.56. The maximum absolute atomic E-state index is 13.8. The number of aliphatic hydroxyl groups is 1. The molecule has 3 nitrogen and oxygen atoms in total. The molecule has 2 aromatic rings. The zero-order chi connectivity index (χ0) is 19.0. The van der Waals surface area contributed by atoms with E-state index >= 15 is 0 Å². The van der Waals surface area contributed by atoms with Gasteiger partial charge >= 0.3 is 0 Å². The summed E-state index contributed by atoms with van der Waals surface area (Å²) in [4.78, 5) is 15.0. The summed E-state index contributed by atoms with van der Waals surface area (Å²) in [5, 5.41) is 10.3. The van der Waals surface area contributed by atoms with E-state index in [1.165, 1.54) is 11.6 Å².